The van der Waals surface area contributed by atoms with Crippen LogP contribution < -0.4 is 10.4 Å². The van der Waals surface area contributed by atoms with Crippen LogP contribution in [0.2, 0.25) is 5.04 Å². The second kappa shape index (κ2) is 10.5. The smallest absolute Gasteiger partial charge is 0.261 e. The lowest BCUT2D eigenvalue weighted by Crippen LogP contribution is -2.67. The largest absolute Gasteiger partial charge is 0.406 e. The van der Waals surface area contributed by atoms with Gasteiger partial charge >= 0.3 is 0 Å². The number of nitrogens with zero attached hydrogens (tertiary/aromatic N) is 1. The number of benzene rings is 3. The van der Waals surface area contributed by atoms with Crippen LogP contribution in [0, 0.1) is 6.92 Å². The van der Waals surface area contributed by atoms with E-state index in [-0.39, 0.29) is 17.1 Å². The molecule has 6 heteroatoms. The summed E-state index contributed by atoms with van der Waals surface area (Å²) in [5.74, 6) is 0. The van der Waals surface area contributed by atoms with Crippen LogP contribution >= 0.6 is 0 Å². The predicted molar refractivity (Wildman–Crippen MR) is 151 cm³/mol. The number of rotatable bonds is 7. The second-order valence-electron chi connectivity index (χ2n) is 10.7. The van der Waals surface area contributed by atoms with E-state index in [0.29, 0.717) is 17.9 Å². The van der Waals surface area contributed by atoms with Crippen LogP contribution in [-0.4, -0.2) is 39.7 Å². The minimum absolute atomic E-state index is 0.174. The van der Waals surface area contributed by atoms with Gasteiger partial charge in [0, 0.05) is 6.04 Å². The number of sulfonamides is 1. The molecule has 0 aromatic heterocycles. The molecule has 0 N–H and O–H groups in total. The molecule has 0 fully saturated rings. The summed E-state index contributed by atoms with van der Waals surface area (Å²) < 4.78 is 36.4. The molecule has 0 unspecified atom stereocenters. The molecular formula is C30H37NO3SSi. The molecule has 0 radical (unpaired) electrons. The Balaban J connectivity index is 1.76. The van der Waals surface area contributed by atoms with E-state index in [2.05, 4.69) is 75.4 Å². The molecular weight excluding hydrogens is 482 g/mol. The Bertz CT molecular complexity index is 1240. The van der Waals surface area contributed by atoms with Crippen molar-refractivity contribution in [2.45, 2.75) is 63.1 Å². The Morgan fingerprint density at radius 2 is 1.42 bits per heavy atom. The maximum Gasteiger partial charge on any atom is 0.261 e. The van der Waals surface area contributed by atoms with Crippen LogP contribution in [0.1, 0.15) is 39.7 Å². The minimum Gasteiger partial charge on any atom is -0.406 e. The number of hydrogen-bond donors (Lipinski definition) is 0. The van der Waals surface area contributed by atoms with Gasteiger partial charge in [0.25, 0.3) is 8.32 Å². The molecule has 3 aromatic carbocycles. The minimum atomic E-state index is -3.69. The summed E-state index contributed by atoms with van der Waals surface area (Å²) in [6.45, 7) is 10.9. The lowest BCUT2D eigenvalue weighted by Gasteiger charge is -2.45. The van der Waals surface area contributed by atoms with Crippen LogP contribution in [0.5, 0.6) is 0 Å². The van der Waals surface area contributed by atoms with Crippen LogP contribution in [0.25, 0.3) is 0 Å². The predicted octanol–water partition coefficient (Wildman–Crippen LogP) is 5.28. The van der Waals surface area contributed by atoms with E-state index in [4.69, 9.17) is 4.43 Å². The van der Waals surface area contributed by atoms with E-state index in [1.807, 2.05) is 44.2 Å². The van der Waals surface area contributed by atoms with Crippen molar-refractivity contribution in [3.8, 4) is 0 Å². The van der Waals surface area contributed by atoms with Gasteiger partial charge in [-0.25, -0.2) is 8.42 Å². The van der Waals surface area contributed by atoms with Crippen molar-refractivity contribution in [1.29, 1.82) is 0 Å². The molecule has 0 saturated carbocycles. The molecule has 1 aliphatic rings. The first-order valence-corrected chi connectivity index (χ1v) is 15.9. The van der Waals surface area contributed by atoms with E-state index < -0.39 is 18.3 Å². The lowest BCUT2D eigenvalue weighted by molar-refractivity contribution is 0.177. The van der Waals surface area contributed by atoms with Crippen molar-refractivity contribution in [2.24, 2.45) is 0 Å². The molecule has 0 saturated heterocycles. The van der Waals surface area contributed by atoms with Gasteiger partial charge in [-0.05, 0) is 47.8 Å². The summed E-state index contributed by atoms with van der Waals surface area (Å²) in [4.78, 5) is 0.325. The average Bonchev–Trinajstić information content (AvgIpc) is 2.85. The van der Waals surface area contributed by atoms with Crippen LogP contribution in [0.15, 0.2) is 102 Å². The van der Waals surface area contributed by atoms with Crippen LogP contribution in [0.3, 0.4) is 0 Å². The van der Waals surface area contributed by atoms with E-state index >= 15 is 0 Å². The third kappa shape index (κ3) is 5.00. The van der Waals surface area contributed by atoms with Crippen molar-refractivity contribution in [1.82, 2.24) is 4.31 Å². The van der Waals surface area contributed by atoms with Crippen molar-refractivity contribution < 1.29 is 12.8 Å². The standard InChI is InChI=1S/C30H37NO3SSi/c1-24-19-21-27(22-20-24)35(32,33)31-25(2)13-12-14-26(31)23-34-36(30(3,4)5,28-15-8-6-9-16-28)29-17-10-7-11-18-29/h6-13,15-22,25-26H,14,23H2,1-5H3/t25-,26-/m1/s1. The van der Waals surface area contributed by atoms with Gasteiger partial charge < -0.3 is 4.43 Å². The van der Waals surface area contributed by atoms with E-state index in [1.165, 1.54) is 10.4 Å². The van der Waals surface area contributed by atoms with Crippen LogP contribution in [0.4, 0.5) is 0 Å². The summed E-state index contributed by atoms with van der Waals surface area (Å²) in [7, 11) is -6.47. The number of aryl methyl sites for hydroxylation is 1. The molecule has 190 valence electrons. The molecule has 4 rings (SSSR count). The van der Waals surface area contributed by atoms with Crippen molar-refractivity contribution in [2.75, 3.05) is 6.61 Å². The zero-order valence-corrected chi connectivity index (χ0v) is 23.7. The molecule has 0 aliphatic carbocycles. The first-order valence-electron chi connectivity index (χ1n) is 12.6. The summed E-state index contributed by atoms with van der Waals surface area (Å²) in [6, 6.07) is 27.5. The quantitative estimate of drug-likeness (QED) is 0.315. The molecule has 0 bridgehead atoms. The SMILES string of the molecule is Cc1ccc(S(=O)(=O)N2[C@@H](CO[Si](c3ccccc3)(c3ccccc3)C(C)(C)C)CC=C[C@H]2C)cc1. The summed E-state index contributed by atoms with van der Waals surface area (Å²) in [5, 5.41) is 2.21. The molecule has 3 aromatic rings. The van der Waals surface area contributed by atoms with E-state index in [0.717, 1.165) is 5.56 Å². The Kier molecular flexibility index (Phi) is 7.71. The average molecular weight is 520 g/mol. The maximum absolute atomic E-state index is 13.8. The Morgan fingerprint density at radius 1 is 0.889 bits per heavy atom. The van der Waals surface area contributed by atoms with Gasteiger partial charge in [-0.1, -0.05) is 111 Å². The fourth-order valence-corrected chi connectivity index (χ4v) is 11.7. The first kappa shape index (κ1) is 26.5. The second-order valence-corrected chi connectivity index (χ2v) is 16.8. The third-order valence-corrected chi connectivity index (χ3v) is 14.1. The Labute approximate surface area is 217 Å². The van der Waals surface area contributed by atoms with Crippen molar-refractivity contribution >= 4 is 28.7 Å². The summed E-state index contributed by atoms with van der Waals surface area (Å²) in [6.07, 6.45) is 4.68. The Hall–Kier alpha value is -2.51. The highest BCUT2D eigenvalue weighted by Gasteiger charge is 2.51. The van der Waals surface area contributed by atoms with Gasteiger partial charge in [-0.3, -0.25) is 0 Å². The van der Waals surface area contributed by atoms with Crippen molar-refractivity contribution in [3.05, 3.63) is 103 Å². The molecule has 1 aliphatic heterocycles. The lowest BCUT2D eigenvalue weighted by atomic mass is 10.1. The fourth-order valence-electron chi connectivity index (χ4n) is 5.33. The summed E-state index contributed by atoms with van der Waals surface area (Å²) >= 11 is 0. The van der Waals surface area contributed by atoms with Gasteiger partial charge in [0.2, 0.25) is 10.0 Å². The highest BCUT2D eigenvalue weighted by Crippen LogP contribution is 2.37. The zero-order valence-electron chi connectivity index (χ0n) is 21.9. The zero-order chi connectivity index (χ0) is 26.0. The third-order valence-electron chi connectivity index (χ3n) is 7.09. The first-order chi connectivity index (χ1) is 17.1. The molecule has 0 amide bonds. The number of hydrogen-bond acceptors (Lipinski definition) is 3. The van der Waals surface area contributed by atoms with Gasteiger partial charge in [0.15, 0.2) is 0 Å². The topological polar surface area (TPSA) is 46.6 Å². The van der Waals surface area contributed by atoms with E-state index in [9.17, 15) is 8.42 Å². The normalized spacial score (nSPS) is 19.4. The van der Waals surface area contributed by atoms with E-state index in [1.54, 1.807) is 16.4 Å². The highest BCUT2D eigenvalue weighted by molar-refractivity contribution is 7.89. The van der Waals surface area contributed by atoms with Crippen LogP contribution in [-0.2, 0) is 14.4 Å². The molecule has 4 nitrogen and oxygen atoms in total. The van der Waals surface area contributed by atoms with Gasteiger partial charge in [0.1, 0.15) is 0 Å². The molecule has 2 atom stereocenters. The molecule has 36 heavy (non-hydrogen) atoms. The van der Waals surface area contributed by atoms with Gasteiger partial charge in [-0.15, -0.1) is 0 Å². The maximum atomic E-state index is 13.8. The van der Waals surface area contributed by atoms with Gasteiger partial charge in [-0.2, -0.15) is 4.31 Å². The fraction of sp³-hybridized carbons (Fsp3) is 0.333. The molecule has 0 spiro atoms. The van der Waals surface area contributed by atoms with Gasteiger partial charge in [0.05, 0.1) is 17.5 Å². The summed E-state index contributed by atoms with van der Waals surface area (Å²) in [5.41, 5.74) is 1.03. The highest BCUT2D eigenvalue weighted by atomic mass is 32.2. The Morgan fingerprint density at radius 3 is 1.92 bits per heavy atom. The monoisotopic (exact) mass is 519 g/mol. The molecule has 1 heterocycles. The van der Waals surface area contributed by atoms with Crippen molar-refractivity contribution in [3.63, 3.8) is 0 Å².